The Kier molecular flexibility index (Phi) is 6.93. The molecule has 1 saturated heterocycles. The van der Waals surface area contributed by atoms with Crippen LogP contribution in [0.1, 0.15) is 55.1 Å². The number of hydrogen-bond acceptors (Lipinski definition) is 4. The van der Waals surface area contributed by atoms with Crippen LogP contribution >= 0.6 is 0 Å². The SMILES string of the molecule is CC.CC1(CCCN2CCc3cc(C(=O)NO)cc(F)c3C2)COC1. The summed E-state index contributed by atoms with van der Waals surface area (Å²) in [5.74, 6) is -1.05. The Hall–Kier alpha value is -1.50. The maximum Gasteiger partial charge on any atom is 0.274 e. The lowest BCUT2D eigenvalue weighted by atomic mass is 9.83. The Morgan fingerprint density at radius 3 is 2.72 bits per heavy atom. The molecule has 0 spiro atoms. The van der Waals surface area contributed by atoms with Crippen molar-refractivity contribution in [2.24, 2.45) is 5.41 Å². The molecule has 140 valence electrons. The fourth-order valence-corrected chi connectivity index (χ4v) is 3.39. The lowest BCUT2D eigenvalue weighted by molar-refractivity contribution is -0.107. The van der Waals surface area contributed by atoms with Gasteiger partial charge in [0.2, 0.25) is 0 Å². The highest BCUT2D eigenvalue weighted by Crippen LogP contribution is 2.32. The van der Waals surface area contributed by atoms with Gasteiger partial charge < -0.3 is 4.74 Å². The fourth-order valence-electron chi connectivity index (χ4n) is 3.39. The van der Waals surface area contributed by atoms with Gasteiger partial charge in [-0.15, -0.1) is 0 Å². The zero-order valence-electron chi connectivity index (χ0n) is 15.4. The first kappa shape index (κ1) is 19.8. The number of fused-ring (bicyclic) bond motifs is 1. The van der Waals surface area contributed by atoms with Crippen LogP contribution in [0.5, 0.6) is 0 Å². The number of carbonyl (C=O) groups excluding carboxylic acids is 1. The Bertz CT molecular complexity index is 603. The first-order valence-electron chi connectivity index (χ1n) is 9.07. The zero-order valence-corrected chi connectivity index (χ0v) is 15.4. The van der Waals surface area contributed by atoms with Crippen LogP contribution in [0.3, 0.4) is 0 Å². The van der Waals surface area contributed by atoms with Gasteiger partial charge >= 0.3 is 0 Å². The number of carbonyl (C=O) groups is 1. The van der Waals surface area contributed by atoms with Gasteiger partial charge in [0.15, 0.2) is 0 Å². The van der Waals surface area contributed by atoms with E-state index in [0.717, 1.165) is 51.1 Å². The van der Waals surface area contributed by atoms with Crippen molar-refractivity contribution in [1.82, 2.24) is 10.4 Å². The molecular weight excluding hydrogens is 323 g/mol. The number of hydroxylamine groups is 1. The van der Waals surface area contributed by atoms with Crippen molar-refractivity contribution in [2.75, 3.05) is 26.3 Å². The van der Waals surface area contributed by atoms with Crippen LogP contribution in [0.15, 0.2) is 12.1 Å². The van der Waals surface area contributed by atoms with E-state index >= 15 is 0 Å². The number of benzene rings is 1. The number of nitrogens with zero attached hydrogens (tertiary/aromatic N) is 1. The van der Waals surface area contributed by atoms with Gasteiger partial charge in [0.25, 0.3) is 5.91 Å². The summed E-state index contributed by atoms with van der Waals surface area (Å²) < 4.78 is 19.5. The predicted octanol–water partition coefficient (Wildman–Crippen LogP) is 3.15. The molecule has 1 amide bonds. The van der Waals surface area contributed by atoms with Gasteiger partial charge in [-0.25, -0.2) is 9.87 Å². The van der Waals surface area contributed by atoms with E-state index in [4.69, 9.17) is 9.94 Å². The van der Waals surface area contributed by atoms with E-state index in [1.165, 1.54) is 6.07 Å². The largest absolute Gasteiger partial charge is 0.380 e. The molecule has 2 heterocycles. The molecule has 1 aromatic carbocycles. The number of nitrogens with one attached hydrogen (secondary N) is 1. The normalized spacial score (nSPS) is 18.4. The minimum absolute atomic E-state index is 0.162. The first-order valence-corrected chi connectivity index (χ1v) is 9.07. The molecule has 2 aliphatic rings. The van der Waals surface area contributed by atoms with Crippen molar-refractivity contribution < 1.29 is 19.1 Å². The molecule has 1 aromatic rings. The lowest BCUT2D eigenvalue weighted by Crippen LogP contribution is -2.40. The van der Waals surface area contributed by atoms with Crippen LogP contribution in [0.4, 0.5) is 4.39 Å². The van der Waals surface area contributed by atoms with E-state index in [1.807, 2.05) is 13.8 Å². The highest BCUT2D eigenvalue weighted by molar-refractivity contribution is 5.93. The van der Waals surface area contributed by atoms with Gasteiger partial charge in [-0.3, -0.25) is 14.9 Å². The molecule has 2 N–H and O–H groups in total. The number of ether oxygens (including phenoxy) is 1. The maximum absolute atomic E-state index is 14.3. The predicted molar refractivity (Wildman–Crippen MR) is 94.1 cm³/mol. The highest BCUT2D eigenvalue weighted by Gasteiger charge is 2.32. The third-order valence-electron chi connectivity index (χ3n) is 4.89. The number of rotatable bonds is 5. The van der Waals surface area contributed by atoms with Crippen molar-refractivity contribution in [2.45, 2.75) is 46.6 Å². The molecule has 0 atom stereocenters. The molecule has 25 heavy (non-hydrogen) atoms. The summed E-state index contributed by atoms with van der Waals surface area (Å²) in [4.78, 5) is 13.7. The molecule has 0 radical (unpaired) electrons. The Morgan fingerprint density at radius 2 is 2.12 bits per heavy atom. The molecule has 0 unspecified atom stereocenters. The van der Waals surface area contributed by atoms with Gasteiger partial charge in [0.1, 0.15) is 5.82 Å². The molecule has 0 saturated carbocycles. The third-order valence-corrected chi connectivity index (χ3v) is 4.89. The van der Waals surface area contributed by atoms with E-state index in [1.54, 1.807) is 11.5 Å². The lowest BCUT2D eigenvalue weighted by Gasteiger charge is -2.39. The standard InChI is InChI=1S/C17H23FN2O3.C2H6/c1-17(10-23-11-17)4-2-5-20-6-3-12-7-13(16(21)19-22)8-15(18)14(12)9-20;1-2/h7-8,22H,2-6,9-11H2,1H3,(H,19,21);1-2H3. The van der Waals surface area contributed by atoms with Gasteiger partial charge in [0, 0.05) is 29.6 Å². The Balaban J connectivity index is 0.00000109. The second kappa shape index (κ2) is 8.74. The molecule has 2 aliphatic heterocycles. The van der Waals surface area contributed by atoms with Crippen LogP contribution in [0, 0.1) is 11.2 Å². The summed E-state index contributed by atoms with van der Waals surface area (Å²) in [5.41, 5.74) is 3.57. The van der Waals surface area contributed by atoms with Crippen LogP contribution < -0.4 is 5.48 Å². The molecular formula is C19H29FN2O3. The topological polar surface area (TPSA) is 61.8 Å². The zero-order chi connectivity index (χ0) is 18.4. The van der Waals surface area contributed by atoms with Crippen molar-refractivity contribution in [1.29, 1.82) is 0 Å². The molecule has 0 aromatic heterocycles. The molecule has 1 fully saturated rings. The molecule has 5 nitrogen and oxygen atoms in total. The molecule has 6 heteroatoms. The number of hydrogen-bond donors (Lipinski definition) is 2. The summed E-state index contributed by atoms with van der Waals surface area (Å²) in [6.45, 7) is 10.3. The second-order valence-electron chi connectivity index (χ2n) is 6.97. The van der Waals surface area contributed by atoms with Gasteiger partial charge in [-0.2, -0.15) is 0 Å². The molecule has 0 aliphatic carbocycles. The van der Waals surface area contributed by atoms with Crippen LogP contribution in [-0.2, 0) is 17.7 Å². The van der Waals surface area contributed by atoms with Crippen LogP contribution in [0.25, 0.3) is 0 Å². The monoisotopic (exact) mass is 352 g/mol. The van der Waals surface area contributed by atoms with Gasteiger partial charge in [-0.1, -0.05) is 20.8 Å². The smallest absolute Gasteiger partial charge is 0.274 e. The first-order chi connectivity index (χ1) is 12.0. The third kappa shape index (κ3) is 4.77. The van der Waals surface area contributed by atoms with E-state index in [0.29, 0.717) is 17.5 Å². The summed E-state index contributed by atoms with van der Waals surface area (Å²) in [6.07, 6.45) is 2.94. The second-order valence-corrected chi connectivity index (χ2v) is 6.97. The van der Waals surface area contributed by atoms with Crippen molar-refractivity contribution in [3.8, 4) is 0 Å². The number of halogens is 1. The van der Waals surface area contributed by atoms with E-state index < -0.39 is 5.91 Å². The fraction of sp³-hybridized carbons (Fsp3) is 0.632. The minimum atomic E-state index is -0.676. The molecule has 0 bridgehead atoms. The van der Waals surface area contributed by atoms with Crippen LogP contribution in [-0.4, -0.2) is 42.3 Å². The van der Waals surface area contributed by atoms with Crippen LogP contribution in [0.2, 0.25) is 0 Å². The average molecular weight is 352 g/mol. The Morgan fingerprint density at radius 1 is 1.40 bits per heavy atom. The summed E-state index contributed by atoms with van der Waals surface area (Å²) >= 11 is 0. The average Bonchev–Trinajstić information content (AvgIpc) is 2.61. The van der Waals surface area contributed by atoms with Crippen molar-refractivity contribution in [3.63, 3.8) is 0 Å². The van der Waals surface area contributed by atoms with E-state index in [2.05, 4.69) is 11.8 Å². The van der Waals surface area contributed by atoms with Gasteiger partial charge in [0.05, 0.1) is 13.2 Å². The van der Waals surface area contributed by atoms with E-state index in [-0.39, 0.29) is 11.4 Å². The number of amides is 1. The minimum Gasteiger partial charge on any atom is -0.380 e. The molecule has 3 rings (SSSR count). The summed E-state index contributed by atoms with van der Waals surface area (Å²) in [7, 11) is 0. The van der Waals surface area contributed by atoms with Crippen molar-refractivity contribution >= 4 is 5.91 Å². The van der Waals surface area contributed by atoms with E-state index in [9.17, 15) is 9.18 Å². The summed E-state index contributed by atoms with van der Waals surface area (Å²) in [6, 6.07) is 2.87. The Labute approximate surface area is 149 Å². The van der Waals surface area contributed by atoms with Gasteiger partial charge in [-0.05, 0) is 43.5 Å². The highest BCUT2D eigenvalue weighted by atomic mass is 19.1. The van der Waals surface area contributed by atoms with Crippen molar-refractivity contribution in [3.05, 3.63) is 34.6 Å². The summed E-state index contributed by atoms with van der Waals surface area (Å²) in [5, 5.41) is 8.67. The maximum atomic E-state index is 14.3. The quantitative estimate of drug-likeness (QED) is 0.631.